The van der Waals surface area contributed by atoms with Gasteiger partial charge in [-0.05, 0) is 36.4 Å². The fourth-order valence-electron chi connectivity index (χ4n) is 2.26. The van der Waals surface area contributed by atoms with E-state index in [-0.39, 0.29) is 12.1 Å². The summed E-state index contributed by atoms with van der Waals surface area (Å²) in [5.74, 6) is -1.11. The molecule has 0 fully saturated rings. The fourth-order valence-corrected chi connectivity index (χ4v) is 2.26. The van der Waals surface area contributed by atoms with Crippen molar-refractivity contribution in [3.63, 3.8) is 0 Å². The standard InChI is InChI=1S/C16H10F2N2/c17-14-2-1-3-15(18)13(14)10-20-7-6-12-8-11(9-19)4-5-16(12)20/h1-8H,10H2. The minimum atomic E-state index is -0.555. The van der Waals surface area contributed by atoms with Gasteiger partial charge in [-0.25, -0.2) is 8.78 Å². The second kappa shape index (κ2) is 4.78. The zero-order chi connectivity index (χ0) is 14.1. The number of hydrogen-bond acceptors (Lipinski definition) is 1. The zero-order valence-corrected chi connectivity index (χ0v) is 10.5. The Morgan fingerprint density at radius 2 is 1.80 bits per heavy atom. The predicted molar refractivity (Wildman–Crippen MR) is 72.1 cm³/mol. The van der Waals surface area contributed by atoms with Crippen molar-refractivity contribution < 1.29 is 8.78 Å². The van der Waals surface area contributed by atoms with Crippen molar-refractivity contribution in [3.05, 3.63) is 71.4 Å². The van der Waals surface area contributed by atoms with Crippen molar-refractivity contribution >= 4 is 10.9 Å². The summed E-state index contributed by atoms with van der Waals surface area (Å²) >= 11 is 0. The number of halogens is 2. The van der Waals surface area contributed by atoms with E-state index >= 15 is 0 Å². The van der Waals surface area contributed by atoms with Gasteiger partial charge >= 0.3 is 0 Å². The van der Waals surface area contributed by atoms with Crippen LogP contribution in [0.15, 0.2) is 48.7 Å². The van der Waals surface area contributed by atoms with Crippen LogP contribution in [0.25, 0.3) is 10.9 Å². The van der Waals surface area contributed by atoms with Gasteiger partial charge in [0.1, 0.15) is 11.6 Å². The van der Waals surface area contributed by atoms with E-state index in [9.17, 15) is 8.78 Å². The normalized spacial score (nSPS) is 10.7. The van der Waals surface area contributed by atoms with Crippen molar-refractivity contribution in [1.29, 1.82) is 5.26 Å². The van der Waals surface area contributed by atoms with Crippen LogP contribution >= 0.6 is 0 Å². The van der Waals surface area contributed by atoms with Crippen LogP contribution in [0.3, 0.4) is 0 Å². The number of nitriles is 1. The molecular weight excluding hydrogens is 258 g/mol. The molecule has 20 heavy (non-hydrogen) atoms. The van der Waals surface area contributed by atoms with Crippen LogP contribution in [0.1, 0.15) is 11.1 Å². The fraction of sp³-hybridized carbons (Fsp3) is 0.0625. The van der Waals surface area contributed by atoms with Gasteiger partial charge in [0.25, 0.3) is 0 Å². The summed E-state index contributed by atoms with van der Waals surface area (Å²) < 4.78 is 29.1. The molecular formula is C16H10F2N2. The third-order valence-corrected chi connectivity index (χ3v) is 3.29. The van der Waals surface area contributed by atoms with E-state index in [0.29, 0.717) is 5.56 Å². The first-order chi connectivity index (χ1) is 9.69. The molecule has 2 aromatic carbocycles. The molecule has 3 rings (SSSR count). The van der Waals surface area contributed by atoms with Gasteiger partial charge in [0.2, 0.25) is 0 Å². The molecule has 1 heterocycles. The molecule has 0 bridgehead atoms. The van der Waals surface area contributed by atoms with Crippen LogP contribution < -0.4 is 0 Å². The van der Waals surface area contributed by atoms with Crippen molar-refractivity contribution in [2.24, 2.45) is 0 Å². The molecule has 0 saturated carbocycles. The molecule has 3 aromatic rings. The number of nitrogens with zero attached hydrogens (tertiary/aromatic N) is 2. The average Bonchev–Trinajstić information content (AvgIpc) is 2.85. The highest BCUT2D eigenvalue weighted by Crippen LogP contribution is 2.21. The molecule has 0 atom stereocenters. The summed E-state index contributed by atoms with van der Waals surface area (Å²) in [5.41, 5.74) is 1.44. The van der Waals surface area contributed by atoms with Crippen LogP contribution in [0.5, 0.6) is 0 Å². The first-order valence-electron chi connectivity index (χ1n) is 6.11. The lowest BCUT2D eigenvalue weighted by molar-refractivity contribution is 0.547. The molecule has 0 unspecified atom stereocenters. The van der Waals surface area contributed by atoms with Crippen LogP contribution in [-0.4, -0.2) is 4.57 Å². The molecule has 0 aliphatic carbocycles. The Morgan fingerprint density at radius 1 is 1.05 bits per heavy atom. The van der Waals surface area contributed by atoms with Crippen molar-refractivity contribution in [2.45, 2.75) is 6.54 Å². The first kappa shape index (κ1) is 12.4. The largest absolute Gasteiger partial charge is 0.343 e. The summed E-state index contributed by atoms with van der Waals surface area (Å²) in [7, 11) is 0. The molecule has 0 N–H and O–H groups in total. The summed E-state index contributed by atoms with van der Waals surface area (Å²) in [4.78, 5) is 0. The molecule has 0 aliphatic heterocycles. The molecule has 4 heteroatoms. The Hall–Kier alpha value is -2.67. The minimum Gasteiger partial charge on any atom is -0.343 e. The molecule has 0 spiro atoms. The van der Waals surface area contributed by atoms with Gasteiger partial charge in [-0.3, -0.25) is 0 Å². The molecule has 0 saturated heterocycles. The van der Waals surface area contributed by atoms with Gasteiger partial charge in [0.15, 0.2) is 0 Å². The number of rotatable bonds is 2. The summed E-state index contributed by atoms with van der Waals surface area (Å²) in [5, 5.41) is 9.73. The molecule has 1 aromatic heterocycles. The molecule has 0 radical (unpaired) electrons. The maximum absolute atomic E-state index is 13.7. The van der Waals surface area contributed by atoms with Gasteiger partial charge in [0, 0.05) is 22.7 Å². The first-order valence-corrected chi connectivity index (χ1v) is 6.11. The van der Waals surface area contributed by atoms with Gasteiger partial charge in [-0.15, -0.1) is 0 Å². The van der Waals surface area contributed by atoms with E-state index in [2.05, 4.69) is 6.07 Å². The number of fused-ring (bicyclic) bond motifs is 1. The van der Waals surface area contributed by atoms with Gasteiger partial charge < -0.3 is 4.57 Å². The Balaban J connectivity index is 2.06. The lowest BCUT2D eigenvalue weighted by Gasteiger charge is -2.08. The lowest BCUT2D eigenvalue weighted by atomic mass is 10.1. The lowest BCUT2D eigenvalue weighted by Crippen LogP contribution is -2.03. The van der Waals surface area contributed by atoms with E-state index in [0.717, 1.165) is 10.9 Å². The molecule has 0 amide bonds. The van der Waals surface area contributed by atoms with Crippen molar-refractivity contribution in [2.75, 3.05) is 0 Å². The Kier molecular flexibility index (Phi) is 2.96. The van der Waals surface area contributed by atoms with Crippen LogP contribution in [-0.2, 0) is 6.54 Å². The SMILES string of the molecule is N#Cc1ccc2c(ccn2Cc2c(F)cccc2F)c1. The van der Waals surface area contributed by atoms with Gasteiger partial charge in [0.05, 0.1) is 18.2 Å². The highest BCUT2D eigenvalue weighted by Gasteiger charge is 2.10. The summed E-state index contributed by atoms with van der Waals surface area (Å²) in [6.07, 6.45) is 1.76. The monoisotopic (exact) mass is 268 g/mol. The van der Waals surface area contributed by atoms with Crippen LogP contribution in [0.4, 0.5) is 8.78 Å². The molecule has 0 aliphatic rings. The second-order valence-electron chi connectivity index (χ2n) is 4.53. The maximum atomic E-state index is 13.7. The van der Waals surface area contributed by atoms with E-state index in [4.69, 9.17) is 5.26 Å². The quantitative estimate of drug-likeness (QED) is 0.694. The highest BCUT2D eigenvalue weighted by molar-refractivity contribution is 5.81. The topological polar surface area (TPSA) is 28.7 Å². The highest BCUT2D eigenvalue weighted by atomic mass is 19.1. The van der Waals surface area contributed by atoms with Crippen molar-refractivity contribution in [3.8, 4) is 6.07 Å². The average molecular weight is 268 g/mol. The number of benzene rings is 2. The van der Waals surface area contributed by atoms with E-state index in [1.54, 1.807) is 29.0 Å². The summed E-state index contributed by atoms with van der Waals surface area (Å²) in [6.45, 7) is 0.119. The molecule has 98 valence electrons. The number of hydrogen-bond donors (Lipinski definition) is 0. The third kappa shape index (κ3) is 2.04. The zero-order valence-electron chi connectivity index (χ0n) is 10.5. The van der Waals surface area contributed by atoms with E-state index < -0.39 is 11.6 Å². The Labute approximate surface area is 114 Å². The maximum Gasteiger partial charge on any atom is 0.131 e. The van der Waals surface area contributed by atoms with Crippen LogP contribution in [0.2, 0.25) is 0 Å². The predicted octanol–water partition coefficient (Wildman–Crippen LogP) is 3.84. The second-order valence-corrected chi connectivity index (χ2v) is 4.53. The molecule has 2 nitrogen and oxygen atoms in total. The smallest absolute Gasteiger partial charge is 0.131 e. The summed E-state index contributed by atoms with van der Waals surface area (Å²) in [6, 6.07) is 13.0. The van der Waals surface area contributed by atoms with Gasteiger partial charge in [-0.1, -0.05) is 6.07 Å². The van der Waals surface area contributed by atoms with Crippen LogP contribution in [0, 0.1) is 23.0 Å². The van der Waals surface area contributed by atoms with E-state index in [1.165, 1.54) is 18.2 Å². The van der Waals surface area contributed by atoms with E-state index in [1.807, 2.05) is 6.07 Å². The third-order valence-electron chi connectivity index (χ3n) is 3.29. The van der Waals surface area contributed by atoms with Gasteiger partial charge in [-0.2, -0.15) is 5.26 Å². The Bertz CT molecular complexity index is 808. The number of aromatic nitrogens is 1. The Morgan fingerprint density at radius 3 is 2.50 bits per heavy atom. The van der Waals surface area contributed by atoms with Crippen molar-refractivity contribution in [1.82, 2.24) is 4.57 Å². The minimum absolute atomic E-state index is 0.0364.